The highest BCUT2D eigenvalue weighted by Crippen LogP contribution is 2.15. The lowest BCUT2D eigenvalue weighted by atomic mass is 10.3. The molecule has 1 aromatic carbocycles. The van der Waals surface area contributed by atoms with Crippen molar-refractivity contribution in [1.82, 2.24) is 10.2 Å². The van der Waals surface area contributed by atoms with Gasteiger partial charge in [0.2, 0.25) is 11.8 Å². The summed E-state index contributed by atoms with van der Waals surface area (Å²) >= 11 is 5.75. The van der Waals surface area contributed by atoms with E-state index in [1.165, 1.54) is 11.9 Å². The second-order valence-corrected chi connectivity index (χ2v) is 4.41. The normalized spacial score (nSPS) is 9.84. The maximum absolute atomic E-state index is 11.7. The first-order chi connectivity index (χ1) is 9.02. The lowest BCUT2D eigenvalue weighted by Gasteiger charge is -2.16. The van der Waals surface area contributed by atoms with Gasteiger partial charge in [0.1, 0.15) is 5.75 Å². The molecule has 0 heterocycles. The summed E-state index contributed by atoms with van der Waals surface area (Å²) in [6.07, 6.45) is 0.218. The van der Waals surface area contributed by atoms with Crippen molar-refractivity contribution in [1.29, 1.82) is 0 Å². The van der Waals surface area contributed by atoms with E-state index in [0.29, 0.717) is 10.8 Å². The molecule has 0 aliphatic heterocycles. The minimum Gasteiger partial charge on any atom is -0.493 e. The van der Waals surface area contributed by atoms with Crippen LogP contribution in [-0.4, -0.2) is 44.0 Å². The molecular formula is C13H17ClN2O3. The summed E-state index contributed by atoms with van der Waals surface area (Å²) in [5, 5.41) is 3.09. The number of nitrogens with one attached hydrogen (secondary N) is 1. The van der Waals surface area contributed by atoms with Gasteiger partial charge in [0.15, 0.2) is 0 Å². The van der Waals surface area contributed by atoms with Crippen LogP contribution >= 0.6 is 11.6 Å². The van der Waals surface area contributed by atoms with Gasteiger partial charge in [0, 0.05) is 19.1 Å². The molecule has 0 atom stereocenters. The van der Waals surface area contributed by atoms with Crippen LogP contribution in [-0.2, 0) is 9.59 Å². The number of hydrogen-bond acceptors (Lipinski definition) is 3. The summed E-state index contributed by atoms with van der Waals surface area (Å²) in [6, 6.07) is 6.91. The molecule has 0 unspecified atom stereocenters. The zero-order valence-electron chi connectivity index (χ0n) is 11.0. The van der Waals surface area contributed by atoms with Crippen molar-refractivity contribution in [2.24, 2.45) is 0 Å². The number of halogens is 1. The Labute approximate surface area is 117 Å². The van der Waals surface area contributed by atoms with Gasteiger partial charge in [-0.3, -0.25) is 9.59 Å². The standard InChI is InChI=1S/C13H17ClN2O3/c1-15-12(17)9-16(2)13(18)7-8-19-11-5-3-10(14)4-6-11/h3-6H,7-9H2,1-2H3,(H,15,17). The van der Waals surface area contributed by atoms with Crippen molar-refractivity contribution in [2.75, 3.05) is 27.2 Å². The van der Waals surface area contributed by atoms with Crippen LogP contribution in [0.25, 0.3) is 0 Å². The van der Waals surface area contributed by atoms with Gasteiger partial charge >= 0.3 is 0 Å². The molecule has 6 heteroatoms. The SMILES string of the molecule is CNC(=O)CN(C)C(=O)CCOc1ccc(Cl)cc1. The third kappa shape index (κ3) is 5.61. The molecule has 0 radical (unpaired) electrons. The van der Waals surface area contributed by atoms with Gasteiger partial charge in [0.05, 0.1) is 19.6 Å². The first-order valence-corrected chi connectivity index (χ1v) is 6.23. The van der Waals surface area contributed by atoms with Crippen LogP contribution in [0, 0.1) is 0 Å². The highest BCUT2D eigenvalue weighted by molar-refractivity contribution is 6.30. The molecule has 0 fully saturated rings. The Morgan fingerprint density at radius 1 is 1.32 bits per heavy atom. The van der Waals surface area contributed by atoms with Crippen molar-refractivity contribution < 1.29 is 14.3 Å². The molecule has 0 aromatic heterocycles. The second kappa shape index (κ2) is 7.63. The third-order valence-electron chi connectivity index (χ3n) is 2.48. The van der Waals surface area contributed by atoms with Crippen molar-refractivity contribution in [3.8, 4) is 5.75 Å². The predicted octanol–water partition coefficient (Wildman–Crippen LogP) is 1.31. The van der Waals surface area contributed by atoms with Gasteiger partial charge < -0.3 is 15.0 Å². The molecule has 1 aromatic rings. The Balaban J connectivity index is 2.30. The van der Waals surface area contributed by atoms with Crippen molar-refractivity contribution in [3.63, 3.8) is 0 Å². The zero-order valence-corrected chi connectivity index (χ0v) is 11.7. The second-order valence-electron chi connectivity index (χ2n) is 3.98. The van der Waals surface area contributed by atoms with Crippen LogP contribution in [0.1, 0.15) is 6.42 Å². The lowest BCUT2D eigenvalue weighted by Crippen LogP contribution is -2.37. The van der Waals surface area contributed by atoms with Gasteiger partial charge in [-0.25, -0.2) is 0 Å². The maximum Gasteiger partial charge on any atom is 0.239 e. The molecule has 1 N–H and O–H groups in total. The number of carbonyl (C=O) groups excluding carboxylic acids is 2. The Bertz CT molecular complexity index is 434. The number of benzene rings is 1. The lowest BCUT2D eigenvalue weighted by molar-refractivity contribution is -0.134. The van der Waals surface area contributed by atoms with Crippen LogP contribution in [0.2, 0.25) is 5.02 Å². The van der Waals surface area contributed by atoms with E-state index in [0.717, 1.165) is 0 Å². The first kappa shape index (κ1) is 15.3. The van der Waals surface area contributed by atoms with Gasteiger partial charge in [-0.15, -0.1) is 0 Å². The van der Waals surface area contributed by atoms with E-state index in [9.17, 15) is 9.59 Å². The van der Waals surface area contributed by atoms with E-state index in [-0.39, 0.29) is 31.4 Å². The molecule has 2 amide bonds. The molecule has 0 saturated heterocycles. The zero-order chi connectivity index (χ0) is 14.3. The fourth-order valence-corrected chi connectivity index (χ4v) is 1.49. The molecule has 0 aliphatic carbocycles. The summed E-state index contributed by atoms with van der Waals surface area (Å²) in [4.78, 5) is 24.2. The van der Waals surface area contributed by atoms with Gasteiger partial charge in [0.25, 0.3) is 0 Å². The quantitative estimate of drug-likeness (QED) is 0.857. The van der Waals surface area contributed by atoms with Gasteiger partial charge in [-0.05, 0) is 24.3 Å². The van der Waals surface area contributed by atoms with Crippen LogP contribution in [0.15, 0.2) is 24.3 Å². The number of likely N-dealkylation sites (N-methyl/N-ethyl adjacent to an activating group) is 2. The molecule has 5 nitrogen and oxygen atoms in total. The molecule has 1 rings (SSSR count). The van der Waals surface area contributed by atoms with Crippen molar-refractivity contribution >= 4 is 23.4 Å². The topological polar surface area (TPSA) is 58.6 Å². The Hall–Kier alpha value is -1.75. The van der Waals surface area contributed by atoms with E-state index in [4.69, 9.17) is 16.3 Å². The Kier molecular flexibility index (Phi) is 6.15. The molecular weight excluding hydrogens is 268 g/mol. The largest absolute Gasteiger partial charge is 0.493 e. The number of amides is 2. The first-order valence-electron chi connectivity index (χ1n) is 5.86. The van der Waals surface area contributed by atoms with Gasteiger partial charge in [-0.2, -0.15) is 0 Å². The van der Waals surface area contributed by atoms with Gasteiger partial charge in [-0.1, -0.05) is 11.6 Å². The van der Waals surface area contributed by atoms with Crippen LogP contribution in [0.5, 0.6) is 5.75 Å². The molecule has 0 bridgehead atoms. The van der Waals surface area contributed by atoms with Crippen LogP contribution < -0.4 is 10.1 Å². The highest BCUT2D eigenvalue weighted by atomic mass is 35.5. The van der Waals surface area contributed by atoms with Crippen molar-refractivity contribution in [3.05, 3.63) is 29.3 Å². The number of rotatable bonds is 6. The summed E-state index contributed by atoms with van der Waals surface area (Å²) < 4.78 is 5.41. The minimum atomic E-state index is -0.200. The minimum absolute atomic E-state index is 0.0519. The van der Waals surface area contributed by atoms with E-state index in [1.54, 1.807) is 31.3 Å². The molecule has 19 heavy (non-hydrogen) atoms. The third-order valence-corrected chi connectivity index (χ3v) is 2.74. The number of carbonyl (C=O) groups is 2. The number of ether oxygens (including phenoxy) is 1. The molecule has 0 aliphatic rings. The van der Waals surface area contributed by atoms with E-state index in [2.05, 4.69) is 5.32 Å². The summed E-state index contributed by atoms with van der Waals surface area (Å²) in [6.45, 7) is 0.314. The molecule has 0 saturated carbocycles. The number of hydrogen-bond donors (Lipinski definition) is 1. The van der Waals surface area contributed by atoms with Crippen LogP contribution in [0.4, 0.5) is 0 Å². The Morgan fingerprint density at radius 2 is 1.95 bits per heavy atom. The van der Waals surface area contributed by atoms with E-state index in [1.807, 2.05) is 0 Å². The Morgan fingerprint density at radius 3 is 2.53 bits per heavy atom. The number of nitrogens with zero attached hydrogens (tertiary/aromatic N) is 1. The highest BCUT2D eigenvalue weighted by Gasteiger charge is 2.11. The van der Waals surface area contributed by atoms with Crippen LogP contribution in [0.3, 0.4) is 0 Å². The smallest absolute Gasteiger partial charge is 0.239 e. The fourth-order valence-electron chi connectivity index (χ4n) is 1.36. The summed E-state index contributed by atoms with van der Waals surface area (Å²) in [7, 11) is 3.12. The monoisotopic (exact) mass is 284 g/mol. The van der Waals surface area contributed by atoms with E-state index >= 15 is 0 Å². The summed E-state index contributed by atoms with van der Waals surface area (Å²) in [5.41, 5.74) is 0. The fraction of sp³-hybridized carbons (Fsp3) is 0.385. The predicted molar refractivity (Wildman–Crippen MR) is 73.3 cm³/mol. The van der Waals surface area contributed by atoms with Crippen molar-refractivity contribution in [2.45, 2.75) is 6.42 Å². The average molecular weight is 285 g/mol. The van der Waals surface area contributed by atoms with E-state index < -0.39 is 0 Å². The summed E-state index contributed by atoms with van der Waals surface area (Å²) in [5.74, 6) is 0.318. The average Bonchev–Trinajstić information content (AvgIpc) is 2.40. The molecule has 0 spiro atoms. The molecule has 104 valence electrons. The maximum atomic E-state index is 11.7.